The molecule has 1 amide bonds. The highest BCUT2D eigenvalue weighted by molar-refractivity contribution is 6.07. The highest BCUT2D eigenvalue weighted by Crippen LogP contribution is 2.26. The minimum Gasteiger partial charge on any atom is -0.497 e. The van der Waals surface area contributed by atoms with Crippen LogP contribution < -0.4 is 10.1 Å². The number of nitrogens with one attached hydrogen (secondary N) is 1. The Morgan fingerprint density at radius 3 is 2.64 bits per heavy atom. The van der Waals surface area contributed by atoms with Gasteiger partial charge in [0, 0.05) is 30.7 Å². The summed E-state index contributed by atoms with van der Waals surface area (Å²) in [5, 5.41) is 3.59. The first kappa shape index (κ1) is 14.2. The Hall–Kier alpha value is -2.75. The predicted octanol–water partition coefficient (Wildman–Crippen LogP) is 3.06. The quantitative estimate of drug-likeness (QED) is 0.803. The monoisotopic (exact) mass is 294 g/mol. The molecule has 0 radical (unpaired) electrons. The number of aromatic nitrogens is 1. The van der Waals surface area contributed by atoms with Crippen LogP contribution in [0.2, 0.25) is 0 Å². The van der Waals surface area contributed by atoms with Gasteiger partial charge in [0.1, 0.15) is 5.75 Å². The van der Waals surface area contributed by atoms with Gasteiger partial charge in [-0.25, -0.2) is 0 Å². The summed E-state index contributed by atoms with van der Waals surface area (Å²) in [5.41, 5.74) is 2.87. The molecular weight excluding hydrogens is 276 g/mol. The molecule has 0 atom stereocenters. The maximum atomic E-state index is 12.1. The van der Waals surface area contributed by atoms with Gasteiger partial charge < -0.3 is 14.6 Å². The fourth-order valence-electron chi connectivity index (χ4n) is 2.63. The van der Waals surface area contributed by atoms with E-state index in [0.717, 1.165) is 23.2 Å². The van der Waals surface area contributed by atoms with Gasteiger partial charge in [0.2, 0.25) is 0 Å². The Morgan fingerprint density at radius 1 is 1.18 bits per heavy atom. The zero-order chi connectivity index (χ0) is 15.5. The van der Waals surface area contributed by atoms with Crippen LogP contribution in [-0.2, 0) is 6.54 Å². The molecule has 0 saturated carbocycles. The SMILES string of the molecule is CNC(=O)c1cn(Cc2ccccc2)c2ccc(OC)cc12. The second-order valence-corrected chi connectivity index (χ2v) is 5.12. The second kappa shape index (κ2) is 5.93. The number of nitrogens with zero attached hydrogens (tertiary/aromatic N) is 1. The van der Waals surface area contributed by atoms with Gasteiger partial charge in [0.15, 0.2) is 0 Å². The van der Waals surface area contributed by atoms with Crippen LogP contribution in [0.4, 0.5) is 0 Å². The summed E-state index contributed by atoms with van der Waals surface area (Å²) in [7, 11) is 3.27. The molecule has 1 aromatic heterocycles. The van der Waals surface area contributed by atoms with Gasteiger partial charge in [-0.2, -0.15) is 0 Å². The molecule has 4 nitrogen and oxygen atoms in total. The summed E-state index contributed by atoms with van der Waals surface area (Å²) in [5.74, 6) is 0.653. The van der Waals surface area contributed by atoms with Crippen LogP contribution in [0.25, 0.3) is 10.9 Å². The lowest BCUT2D eigenvalue weighted by molar-refractivity contribution is 0.0964. The molecule has 2 aromatic carbocycles. The van der Waals surface area contributed by atoms with E-state index >= 15 is 0 Å². The molecule has 0 unspecified atom stereocenters. The van der Waals surface area contributed by atoms with Crippen molar-refractivity contribution < 1.29 is 9.53 Å². The summed E-state index contributed by atoms with van der Waals surface area (Å²) in [4.78, 5) is 12.1. The Balaban J connectivity index is 2.12. The average Bonchev–Trinajstić information content (AvgIpc) is 2.93. The lowest BCUT2D eigenvalue weighted by Gasteiger charge is -2.06. The van der Waals surface area contributed by atoms with E-state index in [2.05, 4.69) is 22.0 Å². The summed E-state index contributed by atoms with van der Waals surface area (Å²) in [6, 6.07) is 16.0. The molecule has 1 heterocycles. The smallest absolute Gasteiger partial charge is 0.253 e. The number of hydrogen-bond acceptors (Lipinski definition) is 2. The first-order valence-electron chi connectivity index (χ1n) is 7.16. The van der Waals surface area contributed by atoms with E-state index in [1.165, 1.54) is 5.56 Å². The van der Waals surface area contributed by atoms with E-state index < -0.39 is 0 Å². The summed E-state index contributed by atoms with van der Waals surface area (Å²) >= 11 is 0. The first-order chi connectivity index (χ1) is 10.7. The van der Waals surface area contributed by atoms with Crippen molar-refractivity contribution in [1.29, 1.82) is 0 Å². The Bertz CT molecular complexity index is 807. The zero-order valence-corrected chi connectivity index (χ0v) is 12.7. The van der Waals surface area contributed by atoms with Gasteiger partial charge in [-0.15, -0.1) is 0 Å². The molecule has 0 fully saturated rings. The van der Waals surface area contributed by atoms with Crippen LogP contribution in [0.3, 0.4) is 0 Å². The summed E-state index contributed by atoms with van der Waals surface area (Å²) < 4.78 is 7.37. The normalized spacial score (nSPS) is 10.6. The largest absolute Gasteiger partial charge is 0.497 e. The molecule has 4 heteroatoms. The standard InChI is InChI=1S/C18H18N2O2/c1-19-18(21)16-12-20(11-13-6-4-3-5-7-13)17-9-8-14(22-2)10-15(16)17/h3-10,12H,11H2,1-2H3,(H,19,21). The van der Waals surface area contributed by atoms with Crippen LogP contribution >= 0.6 is 0 Å². The van der Waals surface area contributed by atoms with Crippen LogP contribution in [0.15, 0.2) is 54.7 Å². The number of carbonyl (C=O) groups is 1. The summed E-state index contributed by atoms with van der Waals surface area (Å²) in [6.45, 7) is 0.723. The number of rotatable bonds is 4. The van der Waals surface area contributed by atoms with Crippen molar-refractivity contribution in [3.05, 3.63) is 65.9 Å². The van der Waals surface area contributed by atoms with E-state index in [1.54, 1.807) is 14.2 Å². The van der Waals surface area contributed by atoms with Crippen molar-refractivity contribution in [3.8, 4) is 5.75 Å². The third kappa shape index (κ3) is 2.55. The Labute approximate surface area is 129 Å². The van der Waals surface area contributed by atoms with Crippen LogP contribution in [0.1, 0.15) is 15.9 Å². The van der Waals surface area contributed by atoms with Gasteiger partial charge in [0.25, 0.3) is 5.91 Å². The maximum absolute atomic E-state index is 12.1. The van der Waals surface area contributed by atoms with Crippen LogP contribution in [-0.4, -0.2) is 24.6 Å². The molecule has 0 bridgehead atoms. The van der Waals surface area contributed by atoms with Crippen molar-refractivity contribution in [3.63, 3.8) is 0 Å². The van der Waals surface area contributed by atoms with Crippen molar-refractivity contribution in [2.45, 2.75) is 6.54 Å². The maximum Gasteiger partial charge on any atom is 0.253 e. The molecule has 0 aliphatic rings. The fraction of sp³-hybridized carbons (Fsp3) is 0.167. The molecule has 0 aliphatic heterocycles. The lowest BCUT2D eigenvalue weighted by atomic mass is 10.1. The molecular formula is C18H18N2O2. The number of methoxy groups -OCH3 is 1. The number of ether oxygens (including phenoxy) is 1. The van der Waals surface area contributed by atoms with Crippen LogP contribution in [0, 0.1) is 0 Å². The number of carbonyl (C=O) groups excluding carboxylic acids is 1. The fourth-order valence-corrected chi connectivity index (χ4v) is 2.63. The number of benzene rings is 2. The molecule has 1 N–H and O–H groups in total. The van der Waals surface area contributed by atoms with E-state index in [-0.39, 0.29) is 5.91 Å². The van der Waals surface area contributed by atoms with E-state index in [4.69, 9.17) is 4.74 Å². The van der Waals surface area contributed by atoms with E-state index in [1.807, 2.05) is 42.6 Å². The molecule has 3 aromatic rings. The minimum atomic E-state index is -0.0925. The van der Waals surface area contributed by atoms with Gasteiger partial charge in [-0.1, -0.05) is 30.3 Å². The third-order valence-corrected chi connectivity index (χ3v) is 3.76. The average molecular weight is 294 g/mol. The highest BCUT2D eigenvalue weighted by Gasteiger charge is 2.15. The molecule has 112 valence electrons. The number of fused-ring (bicyclic) bond motifs is 1. The third-order valence-electron chi connectivity index (χ3n) is 3.76. The van der Waals surface area contributed by atoms with Crippen molar-refractivity contribution in [1.82, 2.24) is 9.88 Å². The van der Waals surface area contributed by atoms with Crippen molar-refractivity contribution in [2.24, 2.45) is 0 Å². The van der Waals surface area contributed by atoms with Crippen molar-refractivity contribution in [2.75, 3.05) is 14.2 Å². The number of hydrogen-bond donors (Lipinski definition) is 1. The van der Waals surface area contributed by atoms with Crippen molar-refractivity contribution >= 4 is 16.8 Å². The predicted molar refractivity (Wildman–Crippen MR) is 87.4 cm³/mol. The Morgan fingerprint density at radius 2 is 1.95 bits per heavy atom. The van der Waals surface area contributed by atoms with Gasteiger partial charge in [-0.3, -0.25) is 4.79 Å². The molecule has 0 saturated heterocycles. The number of amides is 1. The summed E-state index contributed by atoms with van der Waals surface area (Å²) in [6.07, 6.45) is 1.90. The lowest BCUT2D eigenvalue weighted by Crippen LogP contribution is -2.17. The molecule has 0 aliphatic carbocycles. The van der Waals surface area contributed by atoms with Gasteiger partial charge in [0.05, 0.1) is 12.7 Å². The van der Waals surface area contributed by atoms with Gasteiger partial charge in [-0.05, 0) is 23.8 Å². The first-order valence-corrected chi connectivity index (χ1v) is 7.16. The molecule has 0 spiro atoms. The zero-order valence-electron chi connectivity index (χ0n) is 12.7. The molecule has 22 heavy (non-hydrogen) atoms. The minimum absolute atomic E-state index is 0.0925. The van der Waals surface area contributed by atoms with Gasteiger partial charge >= 0.3 is 0 Å². The van der Waals surface area contributed by atoms with E-state index in [9.17, 15) is 4.79 Å². The Kier molecular flexibility index (Phi) is 3.83. The molecule has 3 rings (SSSR count). The second-order valence-electron chi connectivity index (χ2n) is 5.12. The van der Waals surface area contributed by atoms with Crippen LogP contribution in [0.5, 0.6) is 5.75 Å². The topological polar surface area (TPSA) is 43.3 Å². The highest BCUT2D eigenvalue weighted by atomic mass is 16.5. The van der Waals surface area contributed by atoms with E-state index in [0.29, 0.717) is 5.56 Å².